The molecule has 1 atom stereocenters. The lowest BCUT2D eigenvalue weighted by atomic mass is 10.1. The van der Waals surface area contributed by atoms with Crippen molar-refractivity contribution in [1.82, 2.24) is 4.98 Å². The van der Waals surface area contributed by atoms with Crippen molar-refractivity contribution in [3.63, 3.8) is 0 Å². The van der Waals surface area contributed by atoms with Crippen molar-refractivity contribution in [2.45, 2.75) is 25.8 Å². The number of methoxy groups -OCH3 is 1. The molecule has 1 heterocycles. The lowest BCUT2D eigenvalue weighted by Crippen LogP contribution is -2.15. The third-order valence-electron chi connectivity index (χ3n) is 2.84. The minimum absolute atomic E-state index is 0.246. The van der Waals surface area contributed by atoms with Gasteiger partial charge in [-0.3, -0.25) is 0 Å². The Morgan fingerprint density at radius 1 is 1.44 bits per heavy atom. The Morgan fingerprint density at radius 2 is 2.25 bits per heavy atom. The predicted molar refractivity (Wildman–Crippen MR) is 66.8 cm³/mol. The van der Waals surface area contributed by atoms with E-state index in [0.29, 0.717) is 0 Å². The van der Waals surface area contributed by atoms with E-state index in [1.165, 1.54) is 10.9 Å². The Morgan fingerprint density at radius 3 is 2.94 bits per heavy atom. The molecular weight excluding hydrogens is 200 g/mol. The summed E-state index contributed by atoms with van der Waals surface area (Å²) in [7, 11) is 1.69. The Bertz CT molecular complexity index is 474. The average Bonchev–Trinajstić information content (AvgIpc) is 2.68. The topological polar surface area (TPSA) is 51.0 Å². The summed E-state index contributed by atoms with van der Waals surface area (Å²) >= 11 is 0. The van der Waals surface area contributed by atoms with Crippen molar-refractivity contribution in [3.05, 3.63) is 30.0 Å². The molecule has 16 heavy (non-hydrogen) atoms. The van der Waals surface area contributed by atoms with Crippen molar-refractivity contribution < 1.29 is 4.74 Å². The first-order chi connectivity index (χ1) is 7.70. The first kappa shape index (κ1) is 11.0. The first-order valence-corrected chi connectivity index (χ1v) is 5.60. The van der Waals surface area contributed by atoms with E-state index in [-0.39, 0.29) is 6.04 Å². The summed E-state index contributed by atoms with van der Waals surface area (Å²) < 4.78 is 5.23. The smallest absolute Gasteiger partial charge is 0.119 e. The molecule has 86 valence electrons. The quantitative estimate of drug-likeness (QED) is 0.828. The number of benzene rings is 1. The summed E-state index contributed by atoms with van der Waals surface area (Å²) in [5, 5.41) is 1.24. The number of ether oxygens (including phenoxy) is 1. The Labute approximate surface area is 95.6 Å². The molecule has 0 aliphatic heterocycles. The Balaban J connectivity index is 2.30. The molecule has 0 aliphatic rings. The number of H-pyrrole nitrogens is 1. The number of fused-ring (bicyclic) bond motifs is 1. The highest BCUT2D eigenvalue weighted by atomic mass is 16.5. The van der Waals surface area contributed by atoms with Gasteiger partial charge in [0.1, 0.15) is 5.75 Å². The second-order valence-electron chi connectivity index (χ2n) is 4.24. The lowest BCUT2D eigenvalue weighted by Gasteiger charge is -2.04. The fourth-order valence-electron chi connectivity index (χ4n) is 1.87. The zero-order chi connectivity index (χ0) is 11.5. The van der Waals surface area contributed by atoms with Crippen LogP contribution >= 0.6 is 0 Å². The number of aromatic amines is 1. The zero-order valence-electron chi connectivity index (χ0n) is 9.79. The number of aryl methyl sites for hydroxylation is 1. The highest BCUT2D eigenvalue weighted by molar-refractivity contribution is 5.84. The van der Waals surface area contributed by atoms with Crippen LogP contribution in [0.2, 0.25) is 0 Å². The molecule has 3 N–H and O–H groups in total. The van der Waals surface area contributed by atoms with Gasteiger partial charge in [-0.2, -0.15) is 0 Å². The van der Waals surface area contributed by atoms with E-state index in [0.717, 1.165) is 24.1 Å². The lowest BCUT2D eigenvalue weighted by molar-refractivity contribution is 0.415. The van der Waals surface area contributed by atoms with Gasteiger partial charge in [-0.05, 0) is 43.5 Å². The summed E-state index contributed by atoms with van der Waals surface area (Å²) in [4.78, 5) is 3.27. The molecule has 0 fully saturated rings. The van der Waals surface area contributed by atoms with E-state index < -0.39 is 0 Å². The minimum Gasteiger partial charge on any atom is -0.497 e. The van der Waals surface area contributed by atoms with E-state index in [4.69, 9.17) is 10.5 Å². The molecule has 1 aromatic carbocycles. The van der Waals surface area contributed by atoms with Gasteiger partial charge < -0.3 is 15.5 Å². The van der Waals surface area contributed by atoms with Gasteiger partial charge in [-0.1, -0.05) is 0 Å². The SMILES string of the molecule is COc1ccc2[nH]cc(CC[C@H](C)N)c2c1. The van der Waals surface area contributed by atoms with Crippen molar-refractivity contribution >= 4 is 10.9 Å². The van der Waals surface area contributed by atoms with E-state index in [2.05, 4.69) is 17.2 Å². The third-order valence-corrected chi connectivity index (χ3v) is 2.84. The zero-order valence-corrected chi connectivity index (χ0v) is 9.79. The molecule has 0 radical (unpaired) electrons. The second kappa shape index (κ2) is 4.58. The van der Waals surface area contributed by atoms with Crippen LogP contribution in [0.5, 0.6) is 5.75 Å². The van der Waals surface area contributed by atoms with Crippen LogP contribution in [0.1, 0.15) is 18.9 Å². The maximum absolute atomic E-state index is 5.77. The Hall–Kier alpha value is -1.48. The van der Waals surface area contributed by atoms with Crippen LogP contribution in [-0.4, -0.2) is 18.1 Å². The van der Waals surface area contributed by atoms with Crippen molar-refractivity contribution in [2.24, 2.45) is 5.73 Å². The molecule has 3 heteroatoms. The van der Waals surface area contributed by atoms with Crippen LogP contribution in [0.4, 0.5) is 0 Å². The second-order valence-corrected chi connectivity index (χ2v) is 4.24. The van der Waals surface area contributed by atoms with E-state index >= 15 is 0 Å². The highest BCUT2D eigenvalue weighted by Crippen LogP contribution is 2.24. The number of nitrogens with two attached hydrogens (primary N) is 1. The molecule has 0 unspecified atom stereocenters. The number of hydrogen-bond acceptors (Lipinski definition) is 2. The number of aromatic nitrogens is 1. The molecule has 3 nitrogen and oxygen atoms in total. The molecule has 0 saturated heterocycles. The fourth-order valence-corrected chi connectivity index (χ4v) is 1.87. The molecule has 0 saturated carbocycles. The van der Waals surface area contributed by atoms with Crippen molar-refractivity contribution in [1.29, 1.82) is 0 Å². The monoisotopic (exact) mass is 218 g/mol. The van der Waals surface area contributed by atoms with Gasteiger partial charge in [0.2, 0.25) is 0 Å². The van der Waals surface area contributed by atoms with Gasteiger partial charge in [0.05, 0.1) is 7.11 Å². The molecule has 0 aliphatic carbocycles. The molecular formula is C13H18N2O. The predicted octanol–water partition coefficient (Wildman–Crippen LogP) is 2.46. The van der Waals surface area contributed by atoms with E-state index in [1.54, 1.807) is 7.11 Å². The maximum Gasteiger partial charge on any atom is 0.119 e. The third kappa shape index (κ3) is 2.19. The molecule has 1 aromatic heterocycles. The number of hydrogen-bond donors (Lipinski definition) is 2. The molecule has 0 bridgehead atoms. The molecule has 0 amide bonds. The van der Waals surface area contributed by atoms with Gasteiger partial charge >= 0.3 is 0 Å². The van der Waals surface area contributed by atoms with Crippen LogP contribution in [0, 0.1) is 0 Å². The summed E-state index contributed by atoms with van der Waals surface area (Å²) in [5.41, 5.74) is 8.24. The first-order valence-electron chi connectivity index (χ1n) is 5.60. The van der Waals surface area contributed by atoms with Crippen LogP contribution in [0.3, 0.4) is 0 Å². The van der Waals surface area contributed by atoms with Gasteiger partial charge in [-0.25, -0.2) is 0 Å². The fraction of sp³-hybridized carbons (Fsp3) is 0.385. The minimum atomic E-state index is 0.246. The van der Waals surface area contributed by atoms with Gasteiger partial charge in [0, 0.05) is 23.1 Å². The van der Waals surface area contributed by atoms with Crippen LogP contribution in [0.25, 0.3) is 10.9 Å². The van der Waals surface area contributed by atoms with Gasteiger partial charge in [-0.15, -0.1) is 0 Å². The van der Waals surface area contributed by atoms with Gasteiger partial charge in [0.15, 0.2) is 0 Å². The Kier molecular flexibility index (Phi) is 3.15. The van der Waals surface area contributed by atoms with E-state index in [1.807, 2.05) is 19.1 Å². The number of rotatable bonds is 4. The number of nitrogens with one attached hydrogen (secondary N) is 1. The van der Waals surface area contributed by atoms with Crippen molar-refractivity contribution in [3.8, 4) is 5.75 Å². The summed E-state index contributed by atoms with van der Waals surface area (Å²) in [6.45, 7) is 2.04. The molecule has 0 spiro atoms. The summed E-state index contributed by atoms with van der Waals surface area (Å²) in [6, 6.07) is 6.33. The van der Waals surface area contributed by atoms with Crippen molar-refractivity contribution in [2.75, 3.05) is 7.11 Å². The van der Waals surface area contributed by atoms with Gasteiger partial charge in [0.25, 0.3) is 0 Å². The van der Waals surface area contributed by atoms with Crippen LogP contribution in [0.15, 0.2) is 24.4 Å². The van der Waals surface area contributed by atoms with Crippen LogP contribution in [-0.2, 0) is 6.42 Å². The van der Waals surface area contributed by atoms with Crippen LogP contribution < -0.4 is 10.5 Å². The maximum atomic E-state index is 5.77. The van der Waals surface area contributed by atoms with E-state index in [9.17, 15) is 0 Å². The standard InChI is InChI=1S/C13H18N2O/c1-9(14)3-4-10-8-15-13-6-5-11(16-2)7-12(10)13/h5-9,15H,3-4,14H2,1-2H3/t9-/m0/s1. The average molecular weight is 218 g/mol. The summed E-state index contributed by atoms with van der Waals surface area (Å²) in [6.07, 6.45) is 4.07. The highest BCUT2D eigenvalue weighted by Gasteiger charge is 2.05. The largest absolute Gasteiger partial charge is 0.497 e. The molecule has 2 aromatic rings. The summed E-state index contributed by atoms with van der Waals surface area (Å²) in [5.74, 6) is 0.897. The normalized spacial score (nSPS) is 12.9. The molecule has 2 rings (SSSR count).